The maximum Gasteiger partial charge on any atom is 0.302 e. The van der Waals surface area contributed by atoms with Crippen LogP contribution in [0.3, 0.4) is 0 Å². The van der Waals surface area contributed by atoms with E-state index in [0.29, 0.717) is 18.7 Å². The predicted molar refractivity (Wildman–Crippen MR) is 112 cm³/mol. The van der Waals surface area contributed by atoms with Crippen molar-refractivity contribution in [3.05, 3.63) is 29.8 Å². The summed E-state index contributed by atoms with van der Waals surface area (Å²) in [5.41, 5.74) is 0.0864. The summed E-state index contributed by atoms with van der Waals surface area (Å²) in [5.74, 6) is -0.770. The SMILES string of the molecule is CNC1(C(=O)N2CCC3CC32C(=O)NCC(=O)Nc2ccc(COC(C)=O)cc2)CC1. The molecule has 2 atom stereocenters. The minimum Gasteiger partial charge on any atom is -0.461 e. The molecule has 3 fully saturated rings. The van der Waals surface area contributed by atoms with Crippen molar-refractivity contribution in [2.24, 2.45) is 5.92 Å². The lowest BCUT2D eigenvalue weighted by atomic mass is 10.1. The summed E-state index contributed by atoms with van der Waals surface area (Å²) in [4.78, 5) is 50.8. The van der Waals surface area contributed by atoms with E-state index in [2.05, 4.69) is 16.0 Å². The molecule has 0 bridgehead atoms. The summed E-state index contributed by atoms with van der Waals surface area (Å²) in [6, 6.07) is 6.92. The number of piperidine rings is 1. The number of carbonyl (C=O) groups is 4. The smallest absolute Gasteiger partial charge is 0.302 e. The predicted octanol–water partition coefficient (Wildman–Crippen LogP) is 0.547. The molecule has 4 rings (SSSR count). The lowest BCUT2D eigenvalue weighted by molar-refractivity contribution is -0.143. The monoisotopic (exact) mass is 428 g/mol. The first-order valence-corrected chi connectivity index (χ1v) is 10.6. The lowest BCUT2D eigenvalue weighted by Crippen LogP contribution is -2.56. The van der Waals surface area contributed by atoms with Gasteiger partial charge in [0, 0.05) is 19.2 Å². The molecule has 2 saturated carbocycles. The molecule has 2 aliphatic carbocycles. The van der Waals surface area contributed by atoms with Crippen molar-refractivity contribution >= 4 is 29.4 Å². The maximum atomic E-state index is 13.0. The molecule has 9 heteroatoms. The van der Waals surface area contributed by atoms with Crippen LogP contribution in [-0.4, -0.2) is 59.8 Å². The number of carbonyl (C=O) groups excluding carboxylic acids is 4. The van der Waals surface area contributed by atoms with Gasteiger partial charge in [0.1, 0.15) is 12.1 Å². The van der Waals surface area contributed by atoms with Crippen LogP contribution < -0.4 is 16.0 Å². The highest BCUT2D eigenvalue weighted by atomic mass is 16.5. The normalized spacial score (nSPS) is 24.7. The molecule has 0 spiro atoms. The van der Waals surface area contributed by atoms with E-state index in [9.17, 15) is 19.2 Å². The van der Waals surface area contributed by atoms with E-state index >= 15 is 0 Å². The fourth-order valence-corrected chi connectivity index (χ4v) is 4.50. The number of likely N-dealkylation sites (N-methyl/N-ethyl adjacent to an activating group) is 1. The Labute approximate surface area is 180 Å². The third-order valence-electron chi connectivity index (χ3n) is 6.62. The van der Waals surface area contributed by atoms with Crippen LogP contribution in [0, 0.1) is 5.92 Å². The number of ether oxygens (including phenoxy) is 1. The summed E-state index contributed by atoms with van der Waals surface area (Å²) < 4.78 is 4.93. The summed E-state index contributed by atoms with van der Waals surface area (Å²) in [6.07, 6.45) is 3.08. The van der Waals surface area contributed by atoms with Crippen LogP contribution in [0.2, 0.25) is 0 Å². The van der Waals surface area contributed by atoms with Gasteiger partial charge in [-0.1, -0.05) is 12.1 Å². The number of esters is 1. The quantitative estimate of drug-likeness (QED) is 0.521. The van der Waals surface area contributed by atoms with Crippen molar-refractivity contribution in [2.45, 2.75) is 50.3 Å². The van der Waals surface area contributed by atoms with Gasteiger partial charge in [-0.3, -0.25) is 19.2 Å². The number of nitrogens with zero attached hydrogens (tertiary/aromatic N) is 1. The van der Waals surface area contributed by atoms with Crippen molar-refractivity contribution < 1.29 is 23.9 Å². The first-order valence-electron chi connectivity index (χ1n) is 10.6. The molecule has 1 aromatic rings. The molecule has 166 valence electrons. The van der Waals surface area contributed by atoms with E-state index < -0.39 is 11.1 Å². The van der Waals surface area contributed by atoms with Crippen molar-refractivity contribution in [1.82, 2.24) is 15.5 Å². The van der Waals surface area contributed by atoms with Crippen LogP contribution in [0.1, 0.15) is 38.2 Å². The van der Waals surface area contributed by atoms with Crippen LogP contribution in [0.15, 0.2) is 24.3 Å². The lowest BCUT2D eigenvalue weighted by Gasteiger charge is -2.31. The molecule has 9 nitrogen and oxygen atoms in total. The number of rotatable bonds is 8. The van der Waals surface area contributed by atoms with Crippen molar-refractivity contribution in [2.75, 3.05) is 25.5 Å². The molecule has 2 unspecified atom stereocenters. The second kappa shape index (κ2) is 7.96. The topological polar surface area (TPSA) is 117 Å². The highest BCUT2D eigenvalue weighted by Gasteiger charge is 2.70. The van der Waals surface area contributed by atoms with Crippen LogP contribution in [0.4, 0.5) is 5.69 Å². The Morgan fingerprint density at radius 1 is 1.16 bits per heavy atom. The molecule has 1 saturated heterocycles. The molecular formula is C22H28N4O5. The molecule has 31 heavy (non-hydrogen) atoms. The first kappa shape index (κ1) is 21.3. The van der Waals surface area contributed by atoms with Gasteiger partial charge in [0.2, 0.25) is 17.7 Å². The zero-order valence-corrected chi connectivity index (χ0v) is 17.8. The number of likely N-dealkylation sites (tertiary alicyclic amines) is 1. The van der Waals surface area contributed by atoms with E-state index in [1.54, 1.807) is 36.2 Å². The number of anilines is 1. The minimum atomic E-state index is -0.790. The summed E-state index contributed by atoms with van der Waals surface area (Å²) in [5, 5.41) is 8.56. The van der Waals surface area contributed by atoms with Crippen LogP contribution >= 0.6 is 0 Å². The Morgan fingerprint density at radius 3 is 2.45 bits per heavy atom. The molecule has 0 radical (unpaired) electrons. The molecule has 3 amide bonds. The third kappa shape index (κ3) is 4.01. The van der Waals surface area contributed by atoms with Gasteiger partial charge in [-0.25, -0.2) is 0 Å². The Hall–Kier alpha value is -2.94. The standard InChI is InChI=1S/C22H28N4O5/c1-14(27)31-13-15-3-5-17(6-4-15)25-18(28)12-24-19(29)22-11-16(22)7-10-26(22)20(30)21(23-2)8-9-21/h3-6,16,23H,7-13H2,1-2H3,(H,24,29)(H,25,28). The first-order chi connectivity index (χ1) is 14.8. The molecule has 1 heterocycles. The molecular weight excluding hydrogens is 400 g/mol. The number of amides is 3. The van der Waals surface area contributed by atoms with Crippen LogP contribution in [-0.2, 0) is 30.5 Å². The van der Waals surface area contributed by atoms with E-state index in [4.69, 9.17) is 4.74 Å². The average Bonchev–Trinajstić information content (AvgIpc) is 3.67. The largest absolute Gasteiger partial charge is 0.461 e. The van der Waals surface area contributed by atoms with Gasteiger partial charge in [0.25, 0.3) is 0 Å². The van der Waals surface area contributed by atoms with Crippen molar-refractivity contribution in [1.29, 1.82) is 0 Å². The van der Waals surface area contributed by atoms with E-state index in [1.807, 2.05) is 0 Å². The van der Waals surface area contributed by atoms with Crippen LogP contribution in [0.25, 0.3) is 0 Å². The summed E-state index contributed by atoms with van der Waals surface area (Å²) in [7, 11) is 1.78. The van der Waals surface area contributed by atoms with Crippen molar-refractivity contribution in [3.63, 3.8) is 0 Å². The van der Waals surface area contributed by atoms with Gasteiger partial charge < -0.3 is 25.6 Å². The van der Waals surface area contributed by atoms with Gasteiger partial charge in [-0.15, -0.1) is 0 Å². The number of hydrogen-bond donors (Lipinski definition) is 3. The van der Waals surface area contributed by atoms with Gasteiger partial charge in [-0.05, 0) is 56.3 Å². The molecule has 1 aliphatic heterocycles. The van der Waals surface area contributed by atoms with Crippen molar-refractivity contribution in [3.8, 4) is 0 Å². The number of fused-ring (bicyclic) bond motifs is 1. The van der Waals surface area contributed by atoms with E-state index in [0.717, 1.165) is 24.8 Å². The Kier molecular flexibility index (Phi) is 5.47. The third-order valence-corrected chi connectivity index (χ3v) is 6.62. The Morgan fingerprint density at radius 2 is 1.87 bits per heavy atom. The molecule has 3 aliphatic rings. The molecule has 0 aromatic heterocycles. The second-order valence-corrected chi connectivity index (χ2v) is 8.61. The van der Waals surface area contributed by atoms with Gasteiger partial charge >= 0.3 is 5.97 Å². The number of nitrogens with one attached hydrogen (secondary N) is 3. The zero-order chi connectivity index (χ0) is 22.2. The molecule has 1 aromatic carbocycles. The minimum absolute atomic E-state index is 0.00319. The average molecular weight is 428 g/mol. The van der Waals surface area contributed by atoms with Crippen LogP contribution in [0.5, 0.6) is 0 Å². The number of hydrogen-bond acceptors (Lipinski definition) is 6. The maximum absolute atomic E-state index is 13.0. The zero-order valence-electron chi connectivity index (χ0n) is 17.8. The fourth-order valence-electron chi connectivity index (χ4n) is 4.50. The van der Waals surface area contributed by atoms with Gasteiger partial charge in [0.05, 0.1) is 12.1 Å². The second-order valence-electron chi connectivity index (χ2n) is 8.61. The molecule has 3 N–H and O–H groups in total. The highest BCUT2D eigenvalue weighted by molar-refractivity contribution is 6.01. The summed E-state index contributed by atoms with van der Waals surface area (Å²) in [6.45, 7) is 1.94. The highest BCUT2D eigenvalue weighted by Crippen LogP contribution is 2.57. The fraction of sp³-hybridized carbons (Fsp3) is 0.545. The Balaban J connectivity index is 1.29. The van der Waals surface area contributed by atoms with Gasteiger partial charge in [0.15, 0.2) is 0 Å². The Bertz CT molecular complexity index is 911. The van der Waals surface area contributed by atoms with E-state index in [1.165, 1.54) is 6.92 Å². The van der Waals surface area contributed by atoms with E-state index in [-0.39, 0.29) is 42.8 Å². The van der Waals surface area contributed by atoms with Gasteiger partial charge in [-0.2, -0.15) is 0 Å². The summed E-state index contributed by atoms with van der Waals surface area (Å²) >= 11 is 0. The number of benzene rings is 1.